The maximum atomic E-state index is 9.01. The number of aromatic nitrogens is 3. The van der Waals surface area contributed by atoms with Crippen LogP contribution in [0.4, 0.5) is 5.82 Å². The van der Waals surface area contributed by atoms with E-state index in [9.17, 15) is 0 Å². The Bertz CT molecular complexity index is 584. The zero-order valence-electron chi connectivity index (χ0n) is 9.89. The monoisotopic (exact) mass is 261 g/mol. The van der Waals surface area contributed by atoms with Gasteiger partial charge < -0.3 is 5.32 Å². The molecule has 0 aliphatic heterocycles. The van der Waals surface area contributed by atoms with Gasteiger partial charge in [0.05, 0.1) is 5.02 Å². The summed E-state index contributed by atoms with van der Waals surface area (Å²) in [5.74, 6) is 0.485. The Hall–Kier alpha value is -2.06. The largest absolute Gasteiger partial charge is 0.366 e. The zero-order valence-corrected chi connectivity index (χ0v) is 10.6. The molecule has 1 heterocycles. The Balaban J connectivity index is 2.39. The molecule has 0 atom stereocenters. The molecule has 0 aliphatic rings. The molecule has 0 fully saturated rings. The number of benzene rings is 1. The van der Waals surface area contributed by atoms with Crippen LogP contribution in [-0.4, -0.2) is 21.5 Å². The standard InChI is InChI=1S/C12H12ClN5/c1-2-7-15-12-10(8-14)16-18(17-12)11-6-4-3-5-9(11)13/h3-6H,2,7H2,1H3,(H,15,17). The first-order valence-electron chi connectivity index (χ1n) is 5.62. The van der Waals surface area contributed by atoms with E-state index in [1.807, 2.05) is 25.1 Å². The highest BCUT2D eigenvalue weighted by Crippen LogP contribution is 2.20. The molecule has 1 aromatic carbocycles. The van der Waals surface area contributed by atoms with Crippen LogP contribution in [0.25, 0.3) is 5.69 Å². The minimum atomic E-state index is 0.267. The van der Waals surface area contributed by atoms with Crippen molar-refractivity contribution >= 4 is 17.4 Å². The molecule has 0 unspecified atom stereocenters. The Morgan fingerprint density at radius 2 is 2.17 bits per heavy atom. The summed E-state index contributed by atoms with van der Waals surface area (Å²) in [6.07, 6.45) is 0.948. The molecule has 2 aromatic rings. The summed E-state index contributed by atoms with van der Waals surface area (Å²) in [7, 11) is 0. The smallest absolute Gasteiger partial charge is 0.207 e. The van der Waals surface area contributed by atoms with Crippen LogP contribution in [-0.2, 0) is 0 Å². The van der Waals surface area contributed by atoms with E-state index in [0.717, 1.165) is 13.0 Å². The van der Waals surface area contributed by atoms with E-state index < -0.39 is 0 Å². The van der Waals surface area contributed by atoms with E-state index in [-0.39, 0.29) is 5.69 Å². The van der Waals surface area contributed by atoms with Crippen LogP contribution in [0.2, 0.25) is 5.02 Å². The first-order chi connectivity index (χ1) is 8.76. The van der Waals surface area contributed by atoms with Crippen LogP contribution in [0.1, 0.15) is 19.0 Å². The third kappa shape index (κ3) is 2.44. The number of nitriles is 1. The van der Waals surface area contributed by atoms with Gasteiger partial charge in [-0.15, -0.1) is 15.0 Å². The molecule has 0 saturated heterocycles. The van der Waals surface area contributed by atoms with Crippen molar-refractivity contribution < 1.29 is 0 Å². The third-order valence-electron chi connectivity index (χ3n) is 2.33. The van der Waals surface area contributed by atoms with E-state index in [1.54, 1.807) is 12.1 Å². The summed E-state index contributed by atoms with van der Waals surface area (Å²) in [6, 6.07) is 9.24. The molecule has 0 aliphatic carbocycles. The molecule has 0 amide bonds. The van der Waals surface area contributed by atoms with Gasteiger partial charge in [-0.3, -0.25) is 0 Å². The SMILES string of the molecule is CCCNc1nn(-c2ccccc2Cl)nc1C#N. The van der Waals surface area contributed by atoms with Crippen molar-refractivity contribution in [3.8, 4) is 11.8 Å². The molecule has 0 spiro atoms. The van der Waals surface area contributed by atoms with Gasteiger partial charge in [0, 0.05) is 6.54 Å². The van der Waals surface area contributed by atoms with Crippen molar-refractivity contribution in [1.82, 2.24) is 15.0 Å². The van der Waals surface area contributed by atoms with Crippen molar-refractivity contribution in [2.24, 2.45) is 0 Å². The Morgan fingerprint density at radius 1 is 1.39 bits per heavy atom. The van der Waals surface area contributed by atoms with Crippen LogP contribution in [0, 0.1) is 11.3 Å². The summed E-state index contributed by atoms with van der Waals surface area (Å²) in [5, 5.41) is 21.0. The predicted octanol–water partition coefficient (Wildman–Crippen LogP) is 2.61. The molecule has 18 heavy (non-hydrogen) atoms. The topological polar surface area (TPSA) is 66.5 Å². The minimum absolute atomic E-state index is 0.267. The highest BCUT2D eigenvalue weighted by Gasteiger charge is 2.12. The van der Waals surface area contributed by atoms with E-state index >= 15 is 0 Å². The number of rotatable bonds is 4. The number of halogens is 1. The number of anilines is 1. The summed E-state index contributed by atoms with van der Waals surface area (Å²) >= 11 is 6.06. The number of nitrogens with zero attached hydrogens (tertiary/aromatic N) is 4. The number of hydrogen-bond acceptors (Lipinski definition) is 4. The van der Waals surface area contributed by atoms with Gasteiger partial charge in [0.2, 0.25) is 5.69 Å². The lowest BCUT2D eigenvalue weighted by atomic mass is 10.3. The Morgan fingerprint density at radius 3 is 2.83 bits per heavy atom. The maximum Gasteiger partial charge on any atom is 0.207 e. The summed E-state index contributed by atoms with van der Waals surface area (Å²) < 4.78 is 0. The molecular formula is C12H12ClN5. The van der Waals surface area contributed by atoms with E-state index in [4.69, 9.17) is 16.9 Å². The van der Waals surface area contributed by atoms with Crippen LogP contribution in [0.5, 0.6) is 0 Å². The van der Waals surface area contributed by atoms with Crippen LogP contribution >= 0.6 is 11.6 Å². The fourth-order valence-corrected chi connectivity index (χ4v) is 1.68. The van der Waals surface area contributed by atoms with Crippen molar-refractivity contribution in [2.75, 3.05) is 11.9 Å². The first-order valence-corrected chi connectivity index (χ1v) is 6.00. The van der Waals surface area contributed by atoms with Gasteiger partial charge in [-0.1, -0.05) is 30.7 Å². The van der Waals surface area contributed by atoms with E-state index in [2.05, 4.69) is 15.5 Å². The molecule has 5 nitrogen and oxygen atoms in total. The third-order valence-corrected chi connectivity index (χ3v) is 2.65. The van der Waals surface area contributed by atoms with Crippen molar-refractivity contribution in [3.63, 3.8) is 0 Å². The molecule has 6 heteroatoms. The molecule has 92 valence electrons. The van der Waals surface area contributed by atoms with E-state index in [1.165, 1.54) is 4.80 Å². The van der Waals surface area contributed by atoms with Gasteiger partial charge in [0.1, 0.15) is 11.8 Å². The van der Waals surface area contributed by atoms with Crippen LogP contribution in [0.3, 0.4) is 0 Å². The molecule has 0 radical (unpaired) electrons. The number of nitrogens with one attached hydrogen (secondary N) is 1. The van der Waals surface area contributed by atoms with Gasteiger partial charge in [0.15, 0.2) is 5.82 Å². The average Bonchev–Trinajstić information content (AvgIpc) is 2.80. The van der Waals surface area contributed by atoms with Crippen molar-refractivity contribution in [3.05, 3.63) is 35.0 Å². The number of para-hydroxylation sites is 1. The average molecular weight is 262 g/mol. The van der Waals surface area contributed by atoms with Gasteiger partial charge >= 0.3 is 0 Å². The second kappa shape index (κ2) is 5.52. The van der Waals surface area contributed by atoms with Gasteiger partial charge in [-0.25, -0.2) is 0 Å². The summed E-state index contributed by atoms with van der Waals surface area (Å²) in [4.78, 5) is 1.37. The Labute approximate surface area is 110 Å². The van der Waals surface area contributed by atoms with Crippen molar-refractivity contribution in [2.45, 2.75) is 13.3 Å². The number of hydrogen-bond donors (Lipinski definition) is 1. The molecule has 1 aromatic heterocycles. The van der Waals surface area contributed by atoms with Crippen molar-refractivity contribution in [1.29, 1.82) is 5.26 Å². The zero-order chi connectivity index (χ0) is 13.0. The van der Waals surface area contributed by atoms with Crippen LogP contribution < -0.4 is 5.32 Å². The lowest BCUT2D eigenvalue weighted by Crippen LogP contribution is -2.03. The van der Waals surface area contributed by atoms with Gasteiger partial charge in [0.25, 0.3) is 0 Å². The van der Waals surface area contributed by atoms with Crippen LogP contribution in [0.15, 0.2) is 24.3 Å². The fraction of sp³-hybridized carbons (Fsp3) is 0.250. The molecule has 1 N–H and O–H groups in total. The minimum Gasteiger partial charge on any atom is -0.366 e. The molecule has 0 bridgehead atoms. The van der Waals surface area contributed by atoms with Gasteiger partial charge in [-0.05, 0) is 18.6 Å². The predicted molar refractivity (Wildman–Crippen MR) is 69.9 cm³/mol. The summed E-state index contributed by atoms with van der Waals surface area (Å²) in [6.45, 7) is 2.79. The normalized spacial score (nSPS) is 10.1. The second-order valence-electron chi connectivity index (χ2n) is 3.68. The summed E-state index contributed by atoms with van der Waals surface area (Å²) in [5.41, 5.74) is 0.920. The quantitative estimate of drug-likeness (QED) is 0.919. The first kappa shape index (κ1) is 12.4. The highest BCUT2D eigenvalue weighted by molar-refractivity contribution is 6.32. The maximum absolute atomic E-state index is 9.01. The lowest BCUT2D eigenvalue weighted by Gasteiger charge is -2.01. The molecular weight excluding hydrogens is 250 g/mol. The van der Waals surface area contributed by atoms with Gasteiger partial charge in [-0.2, -0.15) is 5.26 Å². The second-order valence-corrected chi connectivity index (χ2v) is 4.08. The highest BCUT2D eigenvalue weighted by atomic mass is 35.5. The van der Waals surface area contributed by atoms with E-state index in [0.29, 0.717) is 16.5 Å². The molecule has 0 saturated carbocycles. The lowest BCUT2D eigenvalue weighted by molar-refractivity contribution is 0.749. The fourth-order valence-electron chi connectivity index (χ4n) is 1.47. The Kier molecular flexibility index (Phi) is 3.80. The molecule has 2 rings (SSSR count).